The summed E-state index contributed by atoms with van der Waals surface area (Å²) in [6.45, 7) is 4.34. The van der Waals surface area contributed by atoms with Gasteiger partial charge in [0.15, 0.2) is 0 Å². The third kappa shape index (κ3) is 5.87. The lowest BCUT2D eigenvalue weighted by molar-refractivity contribution is -0.122. The highest BCUT2D eigenvalue weighted by Gasteiger charge is 2.34. The van der Waals surface area contributed by atoms with Gasteiger partial charge < -0.3 is 14.4 Å². The third-order valence-corrected chi connectivity index (χ3v) is 6.34. The van der Waals surface area contributed by atoms with Crippen molar-refractivity contribution in [3.63, 3.8) is 0 Å². The number of rotatable bonds is 7. The zero-order valence-electron chi connectivity index (χ0n) is 21.0. The summed E-state index contributed by atoms with van der Waals surface area (Å²) in [5.41, 5.74) is 0.0300. The number of benzene rings is 2. The highest BCUT2D eigenvalue weighted by atomic mass is 35.5. The van der Waals surface area contributed by atoms with E-state index in [0.717, 1.165) is 12.1 Å². The quantitative estimate of drug-likeness (QED) is 0.480. The van der Waals surface area contributed by atoms with Gasteiger partial charge in [-0.2, -0.15) is 0 Å². The maximum absolute atomic E-state index is 13.9. The molecule has 8 nitrogen and oxygen atoms in total. The second-order valence-corrected chi connectivity index (χ2v) is 10.1. The second-order valence-electron chi connectivity index (χ2n) is 9.67. The molecular weight excluding hydrogens is 520 g/mol. The molecule has 0 saturated heterocycles. The van der Waals surface area contributed by atoms with E-state index in [9.17, 15) is 28.3 Å². The number of pyridine rings is 1. The van der Waals surface area contributed by atoms with Crippen molar-refractivity contribution < 1.29 is 28.2 Å². The van der Waals surface area contributed by atoms with Crippen LogP contribution in [0.4, 0.5) is 20.2 Å². The Morgan fingerprint density at radius 2 is 1.82 bits per heavy atom. The minimum atomic E-state index is -1.23. The minimum Gasteiger partial charge on any atom is -0.487 e. The number of carbonyl (C=O) groups is 2. The van der Waals surface area contributed by atoms with Gasteiger partial charge in [-0.25, -0.2) is 8.78 Å². The van der Waals surface area contributed by atoms with E-state index in [-0.39, 0.29) is 54.4 Å². The molecule has 2 aromatic carbocycles. The molecule has 38 heavy (non-hydrogen) atoms. The Balaban J connectivity index is 1.56. The van der Waals surface area contributed by atoms with Crippen molar-refractivity contribution in [3.05, 3.63) is 86.8 Å². The van der Waals surface area contributed by atoms with E-state index >= 15 is 0 Å². The topological polar surface area (TPSA) is 92.1 Å². The molecule has 0 radical (unpaired) electrons. The molecule has 3 aromatic rings. The summed E-state index contributed by atoms with van der Waals surface area (Å²) >= 11 is 6.24. The predicted octanol–water partition coefficient (Wildman–Crippen LogP) is 4.23. The summed E-state index contributed by atoms with van der Waals surface area (Å²) in [6, 6.07) is 9.71. The molecule has 1 aromatic heterocycles. The number of fused-ring (bicyclic) bond motifs is 1. The van der Waals surface area contributed by atoms with Gasteiger partial charge in [-0.15, -0.1) is 0 Å². The van der Waals surface area contributed by atoms with Gasteiger partial charge in [0, 0.05) is 24.8 Å². The molecule has 2 amide bonds. The van der Waals surface area contributed by atoms with E-state index < -0.39 is 22.8 Å². The van der Waals surface area contributed by atoms with Crippen molar-refractivity contribution in [1.82, 2.24) is 4.57 Å². The van der Waals surface area contributed by atoms with Gasteiger partial charge in [0.1, 0.15) is 35.7 Å². The van der Waals surface area contributed by atoms with Gasteiger partial charge in [-0.1, -0.05) is 17.7 Å². The van der Waals surface area contributed by atoms with Crippen molar-refractivity contribution in [1.29, 1.82) is 0 Å². The molecule has 0 aliphatic carbocycles. The van der Waals surface area contributed by atoms with E-state index in [1.54, 1.807) is 18.2 Å². The first-order valence-corrected chi connectivity index (χ1v) is 12.1. The number of carbonyl (C=O) groups excluding carboxylic acids is 2. The van der Waals surface area contributed by atoms with Crippen LogP contribution in [-0.2, 0) is 22.7 Å². The van der Waals surface area contributed by atoms with Crippen LogP contribution in [0.2, 0.25) is 5.02 Å². The van der Waals surface area contributed by atoms with Crippen molar-refractivity contribution in [2.75, 3.05) is 16.5 Å². The lowest BCUT2D eigenvalue weighted by Crippen LogP contribution is -2.40. The molecule has 0 bridgehead atoms. The number of nitrogens with zero attached hydrogens (tertiary/aromatic N) is 3. The largest absolute Gasteiger partial charge is 0.487 e. The van der Waals surface area contributed by atoms with Crippen LogP contribution < -0.4 is 20.1 Å². The van der Waals surface area contributed by atoms with Crippen molar-refractivity contribution in [2.45, 2.75) is 45.9 Å². The zero-order valence-corrected chi connectivity index (χ0v) is 21.8. The number of hydrogen-bond donors (Lipinski definition) is 1. The molecule has 1 aliphatic rings. The fraction of sp³-hybridized carbons (Fsp3) is 0.296. The standard InChI is InChI=1S/C27H26ClF2N3O5/c1-16(34)32-15-33(24(35)12-27(2,3)37)22-10-17(4-7-21(22)32)13-31-9-8-23(25(28)26(31)36)38-14-18-5-6-19(29)11-20(18)30/h4-11,37H,12-15H2,1-3H3. The number of halogens is 3. The molecule has 0 saturated carbocycles. The van der Waals surface area contributed by atoms with Crippen molar-refractivity contribution in [2.24, 2.45) is 0 Å². The fourth-order valence-corrected chi connectivity index (χ4v) is 4.34. The Kier molecular flexibility index (Phi) is 7.57. The number of aliphatic hydroxyl groups is 1. The first-order chi connectivity index (χ1) is 17.8. The second kappa shape index (κ2) is 10.5. The molecule has 0 fully saturated rings. The normalized spacial score (nSPS) is 13.0. The fourth-order valence-electron chi connectivity index (χ4n) is 4.11. The summed E-state index contributed by atoms with van der Waals surface area (Å²) in [4.78, 5) is 40.8. The van der Waals surface area contributed by atoms with Gasteiger partial charge in [0.25, 0.3) is 5.56 Å². The molecule has 1 N–H and O–H groups in total. The predicted molar refractivity (Wildman–Crippen MR) is 138 cm³/mol. The van der Waals surface area contributed by atoms with E-state index in [0.29, 0.717) is 16.9 Å². The Labute approximate surface area is 222 Å². The summed E-state index contributed by atoms with van der Waals surface area (Å²) < 4.78 is 33.8. The Morgan fingerprint density at radius 3 is 2.47 bits per heavy atom. The van der Waals surface area contributed by atoms with Gasteiger partial charge in [-0.3, -0.25) is 24.2 Å². The highest BCUT2D eigenvalue weighted by Crippen LogP contribution is 2.38. The van der Waals surface area contributed by atoms with Crippen molar-refractivity contribution >= 4 is 34.8 Å². The van der Waals surface area contributed by atoms with Crippen LogP contribution in [0.25, 0.3) is 0 Å². The average Bonchev–Trinajstić information content (AvgIpc) is 3.21. The minimum absolute atomic E-state index is 0.0233. The third-order valence-electron chi connectivity index (χ3n) is 5.99. The molecule has 4 rings (SSSR count). The van der Waals surface area contributed by atoms with E-state index in [1.165, 1.54) is 53.5 Å². The molecule has 200 valence electrons. The first kappa shape index (κ1) is 27.3. The van der Waals surface area contributed by atoms with Gasteiger partial charge in [0.05, 0.1) is 29.9 Å². The lowest BCUT2D eigenvalue weighted by atomic mass is 10.0. The summed E-state index contributed by atoms with van der Waals surface area (Å²) in [5.74, 6) is -2.02. The average molecular weight is 546 g/mol. The molecule has 0 atom stereocenters. The maximum Gasteiger partial charge on any atom is 0.273 e. The van der Waals surface area contributed by atoms with Gasteiger partial charge in [-0.05, 0) is 49.7 Å². The van der Waals surface area contributed by atoms with Crippen LogP contribution in [0, 0.1) is 11.6 Å². The van der Waals surface area contributed by atoms with Crippen LogP contribution in [0.5, 0.6) is 5.75 Å². The Bertz CT molecular complexity index is 1470. The van der Waals surface area contributed by atoms with Crippen LogP contribution in [0.15, 0.2) is 53.5 Å². The van der Waals surface area contributed by atoms with Gasteiger partial charge in [0.2, 0.25) is 11.8 Å². The number of hydrogen-bond acceptors (Lipinski definition) is 5. The molecule has 1 aliphatic heterocycles. The summed E-state index contributed by atoms with van der Waals surface area (Å²) in [7, 11) is 0. The van der Waals surface area contributed by atoms with Crippen LogP contribution in [-0.4, -0.2) is 33.8 Å². The molecule has 0 unspecified atom stereocenters. The molecule has 11 heteroatoms. The monoisotopic (exact) mass is 545 g/mol. The number of amides is 2. The summed E-state index contributed by atoms with van der Waals surface area (Å²) in [6.07, 6.45) is 1.33. The number of ether oxygens (including phenoxy) is 1. The smallest absolute Gasteiger partial charge is 0.273 e. The van der Waals surface area contributed by atoms with E-state index in [1.807, 2.05) is 0 Å². The first-order valence-electron chi connectivity index (χ1n) is 11.7. The highest BCUT2D eigenvalue weighted by molar-refractivity contribution is 6.31. The lowest BCUT2D eigenvalue weighted by Gasteiger charge is -2.23. The zero-order chi connectivity index (χ0) is 27.8. The van der Waals surface area contributed by atoms with Crippen LogP contribution >= 0.6 is 11.6 Å². The molecule has 0 spiro atoms. The van der Waals surface area contributed by atoms with E-state index in [2.05, 4.69) is 0 Å². The Morgan fingerprint density at radius 1 is 1.08 bits per heavy atom. The SMILES string of the molecule is CC(=O)N1CN(C(=O)CC(C)(C)O)c2cc(Cn3ccc(OCc4ccc(F)cc4F)c(Cl)c3=O)ccc21. The van der Waals surface area contributed by atoms with Crippen LogP contribution in [0.3, 0.4) is 0 Å². The molecule has 2 heterocycles. The summed E-state index contributed by atoms with van der Waals surface area (Å²) in [5, 5.41) is 9.90. The number of anilines is 2. The van der Waals surface area contributed by atoms with Gasteiger partial charge >= 0.3 is 0 Å². The Hall–Kier alpha value is -3.76. The number of aromatic nitrogens is 1. The van der Waals surface area contributed by atoms with E-state index in [4.69, 9.17) is 16.3 Å². The molecular formula is C27H26ClF2N3O5. The van der Waals surface area contributed by atoms with Crippen LogP contribution in [0.1, 0.15) is 38.3 Å². The maximum atomic E-state index is 13.9. The van der Waals surface area contributed by atoms with Crippen molar-refractivity contribution in [3.8, 4) is 5.75 Å².